The van der Waals surface area contributed by atoms with Gasteiger partial charge in [0.15, 0.2) is 0 Å². The first-order valence-corrected chi connectivity index (χ1v) is 7.43. The van der Waals surface area contributed by atoms with E-state index >= 15 is 0 Å². The molecule has 0 fully saturated rings. The highest BCUT2D eigenvalue weighted by Crippen LogP contribution is 2.33. The highest BCUT2D eigenvalue weighted by molar-refractivity contribution is 6.31. The summed E-state index contributed by atoms with van der Waals surface area (Å²) >= 11 is 6.15. The number of carbonyl (C=O) groups excluding carboxylic acids is 1. The van der Waals surface area contributed by atoms with Gasteiger partial charge in [0.2, 0.25) is 5.91 Å². The van der Waals surface area contributed by atoms with E-state index in [0.717, 1.165) is 16.8 Å². The van der Waals surface area contributed by atoms with Gasteiger partial charge in [-0.3, -0.25) is 4.79 Å². The summed E-state index contributed by atoms with van der Waals surface area (Å²) in [6, 6.07) is 9.63. The van der Waals surface area contributed by atoms with Crippen molar-refractivity contribution >= 4 is 23.2 Å². The molecular formula is C17H16ClFN2O. The number of nitrogens with two attached hydrogens (primary N) is 1. The Morgan fingerprint density at radius 3 is 2.86 bits per heavy atom. The third-order valence-electron chi connectivity index (χ3n) is 4.01. The minimum Gasteiger partial charge on any atom is -0.320 e. The van der Waals surface area contributed by atoms with Gasteiger partial charge in [0, 0.05) is 18.5 Å². The zero-order valence-electron chi connectivity index (χ0n) is 12.1. The van der Waals surface area contributed by atoms with Crippen LogP contribution in [0.2, 0.25) is 5.02 Å². The largest absolute Gasteiger partial charge is 0.320 e. The average molecular weight is 319 g/mol. The van der Waals surface area contributed by atoms with Gasteiger partial charge in [0.1, 0.15) is 5.82 Å². The second-order valence-electron chi connectivity index (χ2n) is 5.55. The molecule has 0 saturated carbocycles. The smallest absolute Gasteiger partial charge is 0.243 e. The number of halogens is 2. The number of fused-ring (bicyclic) bond motifs is 1. The van der Waals surface area contributed by atoms with Gasteiger partial charge < -0.3 is 10.6 Å². The molecule has 2 aromatic carbocycles. The van der Waals surface area contributed by atoms with Crippen LogP contribution < -0.4 is 10.6 Å². The van der Waals surface area contributed by atoms with Gasteiger partial charge in [-0.1, -0.05) is 29.8 Å². The molecule has 2 aromatic rings. The highest BCUT2D eigenvalue weighted by Gasteiger charge is 2.29. The summed E-state index contributed by atoms with van der Waals surface area (Å²) in [5.74, 6) is -0.430. The van der Waals surface area contributed by atoms with Gasteiger partial charge in [-0.2, -0.15) is 0 Å². The standard InChI is InChI=1S/C17H16ClFN2O/c1-21-16-10(7-12-8-13(19)5-6-14(12)18)3-2-4-11(16)9-15(20)17(21)22/h2-6,8,15H,7,9,20H2,1H3/t15-/m1/s1. The molecule has 1 amide bonds. The van der Waals surface area contributed by atoms with Gasteiger partial charge in [0.25, 0.3) is 0 Å². The lowest BCUT2D eigenvalue weighted by atomic mass is 9.92. The molecule has 0 aromatic heterocycles. The van der Waals surface area contributed by atoms with E-state index < -0.39 is 6.04 Å². The van der Waals surface area contributed by atoms with Crippen LogP contribution in [0.15, 0.2) is 36.4 Å². The van der Waals surface area contributed by atoms with E-state index in [4.69, 9.17) is 17.3 Å². The number of amides is 1. The quantitative estimate of drug-likeness (QED) is 0.925. The maximum atomic E-state index is 13.4. The van der Waals surface area contributed by atoms with Crippen molar-refractivity contribution in [3.63, 3.8) is 0 Å². The van der Waals surface area contributed by atoms with Crippen LogP contribution in [0.1, 0.15) is 16.7 Å². The van der Waals surface area contributed by atoms with Crippen LogP contribution in [0.25, 0.3) is 0 Å². The molecule has 1 atom stereocenters. The van der Waals surface area contributed by atoms with E-state index in [1.807, 2.05) is 18.2 Å². The molecule has 0 radical (unpaired) electrons. The van der Waals surface area contributed by atoms with Crippen LogP contribution in [0, 0.1) is 5.82 Å². The number of nitrogens with zero attached hydrogens (tertiary/aromatic N) is 1. The van der Waals surface area contributed by atoms with E-state index in [1.165, 1.54) is 12.1 Å². The van der Waals surface area contributed by atoms with Crippen LogP contribution in [0.3, 0.4) is 0 Å². The normalized spacial score (nSPS) is 17.5. The number of hydrogen-bond acceptors (Lipinski definition) is 2. The summed E-state index contributed by atoms with van der Waals surface area (Å²) in [4.78, 5) is 13.7. The molecule has 0 bridgehead atoms. The predicted molar refractivity (Wildman–Crippen MR) is 85.7 cm³/mol. The first-order valence-electron chi connectivity index (χ1n) is 7.05. The molecule has 3 rings (SSSR count). The van der Waals surface area contributed by atoms with Gasteiger partial charge >= 0.3 is 0 Å². The fraction of sp³-hybridized carbons (Fsp3) is 0.235. The average Bonchev–Trinajstić information content (AvgIpc) is 2.48. The second kappa shape index (κ2) is 5.71. The number of anilines is 1. The molecule has 0 aliphatic carbocycles. The Labute approximate surface area is 133 Å². The Morgan fingerprint density at radius 2 is 2.09 bits per heavy atom. The first kappa shape index (κ1) is 15.0. The number of likely N-dealkylation sites (N-methyl/N-ethyl adjacent to an activating group) is 1. The summed E-state index contributed by atoms with van der Waals surface area (Å²) in [5.41, 5.74) is 9.39. The summed E-state index contributed by atoms with van der Waals surface area (Å²) in [7, 11) is 1.72. The van der Waals surface area contributed by atoms with Gasteiger partial charge in [0.05, 0.1) is 11.7 Å². The van der Waals surface area contributed by atoms with E-state index in [1.54, 1.807) is 18.0 Å². The molecule has 2 N–H and O–H groups in total. The van der Waals surface area contributed by atoms with Crippen molar-refractivity contribution in [3.8, 4) is 0 Å². The number of para-hydroxylation sites is 1. The Bertz CT molecular complexity index is 747. The van der Waals surface area contributed by atoms with Crippen LogP contribution >= 0.6 is 11.6 Å². The highest BCUT2D eigenvalue weighted by atomic mass is 35.5. The van der Waals surface area contributed by atoms with Crippen molar-refractivity contribution in [1.82, 2.24) is 0 Å². The molecule has 1 heterocycles. The predicted octanol–water partition coefficient (Wildman–Crippen LogP) is 2.92. The Hall–Kier alpha value is -1.91. The number of carbonyl (C=O) groups is 1. The summed E-state index contributed by atoms with van der Waals surface area (Å²) < 4.78 is 13.4. The van der Waals surface area contributed by atoms with Crippen molar-refractivity contribution < 1.29 is 9.18 Å². The number of hydrogen-bond donors (Lipinski definition) is 1. The molecule has 1 aliphatic heterocycles. The third kappa shape index (κ3) is 2.60. The fourth-order valence-corrected chi connectivity index (χ4v) is 3.13. The maximum Gasteiger partial charge on any atom is 0.243 e. The SMILES string of the molecule is CN1C(=O)[C@H](N)Cc2cccc(Cc3cc(F)ccc3Cl)c21. The Kier molecular flexibility index (Phi) is 3.89. The lowest BCUT2D eigenvalue weighted by molar-refractivity contribution is -0.119. The minimum absolute atomic E-state index is 0.106. The molecular weight excluding hydrogens is 303 g/mol. The monoisotopic (exact) mass is 318 g/mol. The zero-order valence-corrected chi connectivity index (χ0v) is 12.9. The van der Waals surface area contributed by atoms with Crippen molar-refractivity contribution in [2.75, 3.05) is 11.9 Å². The Balaban J connectivity index is 2.04. The molecule has 3 nitrogen and oxygen atoms in total. The molecule has 0 spiro atoms. The Morgan fingerprint density at radius 1 is 1.32 bits per heavy atom. The number of benzene rings is 2. The van der Waals surface area contributed by atoms with Crippen molar-refractivity contribution in [2.24, 2.45) is 5.73 Å². The van der Waals surface area contributed by atoms with Crippen LogP contribution in [0.4, 0.5) is 10.1 Å². The summed E-state index contributed by atoms with van der Waals surface area (Å²) in [6.07, 6.45) is 0.982. The van der Waals surface area contributed by atoms with Gasteiger partial charge in [-0.05, 0) is 41.3 Å². The van der Waals surface area contributed by atoms with E-state index in [-0.39, 0.29) is 11.7 Å². The van der Waals surface area contributed by atoms with Crippen molar-refractivity contribution in [1.29, 1.82) is 0 Å². The molecule has 1 aliphatic rings. The first-order chi connectivity index (χ1) is 10.5. The van der Waals surface area contributed by atoms with Crippen LogP contribution in [-0.4, -0.2) is 19.0 Å². The topological polar surface area (TPSA) is 46.3 Å². The number of rotatable bonds is 2. The van der Waals surface area contributed by atoms with Crippen molar-refractivity contribution in [3.05, 3.63) is 63.9 Å². The zero-order chi connectivity index (χ0) is 15.9. The summed E-state index contributed by atoms with van der Waals surface area (Å²) in [6.45, 7) is 0. The van der Waals surface area contributed by atoms with Crippen LogP contribution in [0.5, 0.6) is 0 Å². The van der Waals surface area contributed by atoms with Crippen LogP contribution in [-0.2, 0) is 17.6 Å². The second-order valence-corrected chi connectivity index (χ2v) is 5.95. The van der Waals surface area contributed by atoms with E-state index in [9.17, 15) is 9.18 Å². The molecule has 114 valence electrons. The molecule has 5 heteroatoms. The summed E-state index contributed by atoms with van der Waals surface area (Å²) in [5, 5.41) is 0.514. The van der Waals surface area contributed by atoms with Gasteiger partial charge in [-0.15, -0.1) is 0 Å². The molecule has 0 unspecified atom stereocenters. The molecule has 22 heavy (non-hydrogen) atoms. The van der Waals surface area contributed by atoms with Crippen molar-refractivity contribution in [2.45, 2.75) is 18.9 Å². The third-order valence-corrected chi connectivity index (χ3v) is 4.38. The lowest BCUT2D eigenvalue weighted by Crippen LogP contribution is -2.47. The van der Waals surface area contributed by atoms with E-state index in [0.29, 0.717) is 23.4 Å². The minimum atomic E-state index is -0.509. The van der Waals surface area contributed by atoms with E-state index in [2.05, 4.69) is 0 Å². The maximum absolute atomic E-state index is 13.4. The lowest BCUT2D eigenvalue weighted by Gasteiger charge is -2.31. The van der Waals surface area contributed by atoms with Gasteiger partial charge in [-0.25, -0.2) is 4.39 Å². The fourth-order valence-electron chi connectivity index (χ4n) is 2.95. The molecule has 0 saturated heterocycles.